The number of thiocarbonyl (C=S) groups is 1. The monoisotopic (exact) mass is 496 g/mol. The van der Waals surface area contributed by atoms with Crippen molar-refractivity contribution in [1.29, 1.82) is 0 Å². The van der Waals surface area contributed by atoms with Crippen LogP contribution in [0.25, 0.3) is 0 Å². The van der Waals surface area contributed by atoms with E-state index in [2.05, 4.69) is 5.32 Å². The lowest BCUT2D eigenvalue weighted by atomic mass is 10.0. The van der Waals surface area contributed by atoms with Crippen LogP contribution in [-0.4, -0.2) is 44.9 Å². The Bertz CT molecular complexity index is 848. The van der Waals surface area contributed by atoms with Gasteiger partial charge >= 0.3 is 6.18 Å². The molecule has 0 saturated carbocycles. The Hall–Kier alpha value is -1.75. The van der Waals surface area contributed by atoms with Gasteiger partial charge in [0.2, 0.25) is 11.0 Å². The average molecular weight is 497 g/mol. The maximum absolute atomic E-state index is 14.1. The van der Waals surface area contributed by atoms with Crippen molar-refractivity contribution in [2.75, 3.05) is 5.75 Å². The minimum Gasteiger partial charge on any atom is -0.358 e. The molecule has 0 unspecified atom stereocenters. The summed E-state index contributed by atoms with van der Waals surface area (Å²) in [6.07, 6.45) is -4.41. The highest BCUT2D eigenvalue weighted by molar-refractivity contribution is 8.13. The molecule has 0 aliphatic carbocycles. The van der Waals surface area contributed by atoms with Crippen molar-refractivity contribution in [3.63, 3.8) is 0 Å². The van der Waals surface area contributed by atoms with Crippen molar-refractivity contribution >= 4 is 40.0 Å². The number of halogens is 5. The summed E-state index contributed by atoms with van der Waals surface area (Å²) in [5.41, 5.74) is 0.121. The van der Waals surface area contributed by atoms with Gasteiger partial charge in [-0.3, -0.25) is 9.59 Å². The quantitative estimate of drug-likeness (QED) is 0.385. The second-order valence-corrected chi connectivity index (χ2v) is 9.52. The SMILES string of the molecule is CC(C)[C@H](NC(=O)C[C@@H]1CCC(=S)N1Cc1cccc(F)c1F)C(=O)SCCC(F)(F)F. The summed E-state index contributed by atoms with van der Waals surface area (Å²) in [7, 11) is 0. The summed E-state index contributed by atoms with van der Waals surface area (Å²) in [6.45, 7) is 3.40. The fourth-order valence-electron chi connectivity index (χ4n) is 3.38. The van der Waals surface area contributed by atoms with E-state index < -0.39 is 47.0 Å². The standard InChI is InChI=1S/C21H25F5N2O2S2/c1-12(2)19(20(30)32-9-8-21(24,25)26)27-16(29)10-14-6-7-17(31)28(14)11-13-4-3-5-15(22)18(13)23/h3-5,12,14,19H,6-11H2,1-2H3,(H,27,29)/t14-,19-/m0/s1. The molecule has 1 aromatic rings. The molecule has 1 heterocycles. The van der Waals surface area contributed by atoms with Gasteiger partial charge in [-0.15, -0.1) is 0 Å². The first-order valence-electron chi connectivity index (χ1n) is 10.1. The Balaban J connectivity index is 1.98. The van der Waals surface area contributed by atoms with Crippen LogP contribution in [0.5, 0.6) is 0 Å². The van der Waals surface area contributed by atoms with Gasteiger partial charge in [-0.1, -0.05) is 50.0 Å². The number of benzene rings is 1. The highest BCUT2D eigenvalue weighted by Crippen LogP contribution is 2.27. The molecule has 1 aliphatic heterocycles. The Morgan fingerprint density at radius 2 is 1.97 bits per heavy atom. The first kappa shape index (κ1) is 26.5. The second-order valence-electron chi connectivity index (χ2n) is 7.95. The van der Waals surface area contributed by atoms with E-state index in [0.29, 0.717) is 29.6 Å². The lowest BCUT2D eigenvalue weighted by molar-refractivity contribution is -0.130. The van der Waals surface area contributed by atoms with Gasteiger partial charge in [-0.05, 0) is 24.8 Å². The van der Waals surface area contributed by atoms with E-state index in [1.165, 1.54) is 12.1 Å². The van der Waals surface area contributed by atoms with Crippen LogP contribution in [0.2, 0.25) is 0 Å². The number of thioether (sulfide) groups is 1. The fourth-order valence-corrected chi connectivity index (χ4v) is 4.75. The molecular weight excluding hydrogens is 471 g/mol. The number of nitrogens with zero attached hydrogens (tertiary/aromatic N) is 1. The number of hydrogen-bond acceptors (Lipinski definition) is 4. The van der Waals surface area contributed by atoms with Gasteiger partial charge in [0.25, 0.3) is 0 Å². The lowest BCUT2D eigenvalue weighted by Crippen LogP contribution is -2.45. The average Bonchev–Trinajstić information content (AvgIpc) is 3.01. The van der Waals surface area contributed by atoms with Gasteiger partial charge in [0.1, 0.15) is 6.04 Å². The van der Waals surface area contributed by atoms with E-state index in [4.69, 9.17) is 12.2 Å². The van der Waals surface area contributed by atoms with Gasteiger partial charge in [0, 0.05) is 30.3 Å². The fraction of sp³-hybridized carbons (Fsp3) is 0.571. The molecule has 11 heteroatoms. The first-order valence-corrected chi connectivity index (χ1v) is 11.5. The van der Waals surface area contributed by atoms with Crippen molar-refractivity contribution in [2.24, 2.45) is 5.92 Å². The number of likely N-dealkylation sites (tertiary alicyclic amines) is 1. The van der Waals surface area contributed by atoms with Gasteiger partial charge in [0.05, 0.1) is 11.4 Å². The number of alkyl halides is 3. The molecule has 2 atom stereocenters. The number of nitrogens with one attached hydrogen (secondary N) is 1. The zero-order valence-electron chi connectivity index (χ0n) is 17.7. The summed E-state index contributed by atoms with van der Waals surface area (Å²) < 4.78 is 64.5. The summed E-state index contributed by atoms with van der Waals surface area (Å²) in [5.74, 6) is -3.11. The molecule has 1 N–H and O–H groups in total. The van der Waals surface area contributed by atoms with E-state index in [0.717, 1.165) is 6.07 Å². The topological polar surface area (TPSA) is 49.4 Å². The molecule has 0 spiro atoms. The molecule has 0 bridgehead atoms. The molecule has 32 heavy (non-hydrogen) atoms. The predicted octanol–water partition coefficient (Wildman–Crippen LogP) is 5.00. The zero-order chi connectivity index (χ0) is 24.1. The predicted molar refractivity (Wildman–Crippen MR) is 117 cm³/mol. The minimum absolute atomic E-state index is 0.0141. The van der Waals surface area contributed by atoms with Crippen LogP contribution in [0.4, 0.5) is 22.0 Å². The lowest BCUT2D eigenvalue weighted by Gasteiger charge is -2.28. The van der Waals surface area contributed by atoms with Crippen molar-refractivity contribution in [2.45, 2.75) is 64.3 Å². The Morgan fingerprint density at radius 3 is 2.59 bits per heavy atom. The Kier molecular flexibility index (Phi) is 9.44. The van der Waals surface area contributed by atoms with Crippen LogP contribution in [0.1, 0.15) is 45.1 Å². The minimum atomic E-state index is -4.35. The number of rotatable bonds is 9. The van der Waals surface area contributed by atoms with Crippen LogP contribution < -0.4 is 5.32 Å². The molecule has 1 aliphatic rings. The van der Waals surface area contributed by atoms with Gasteiger partial charge in [-0.25, -0.2) is 8.78 Å². The van der Waals surface area contributed by atoms with E-state index in [1.54, 1.807) is 18.7 Å². The summed E-state index contributed by atoms with van der Waals surface area (Å²) in [6, 6.07) is 2.57. The third-order valence-corrected chi connectivity index (χ3v) is 6.50. The van der Waals surface area contributed by atoms with Crippen molar-refractivity contribution in [3.05, 3.63) is 35.4 Å². The van der Waals surface area contributed by atoms with E-state index in [1.807, 2.05) is 0 Å². The maximum atomic E-state index is 14.1. The van der Waals surface area contributed by atoms with Crippen molar-refractivity contribution in [1.82, 2.24) is 10.2 Å². The molecule has 2 rings (SSSR count). The van der Waals surface area contributed by atoms with Crippen LogP contribution in [-0.2, 0) is 16.1 Å². The number of carbonyl (C=O) groups excluding carboxylic acids is 2. The zero-order valence-corrected chi connectivity index (χ0v) is 19.3. The molecule has 178 valence electrons. The van der Waals surface area contributed by atoms with Crippen LogP contribution in [0, 0.1) is 17.6 Å². The largest absolute Gasteiger partial charge is 0.389 e. The Labute approximate surface area is 193 Å². The molecule has 0 aromatic heterocycles. The molecule has 1 saturated heterocycles. The van der Waals surface area contributed by atoms with Crippen molar-refractivity contribution < 1.29 is 31.5 Å². The number of amides is 1. The molecule has 1 aromatic carbocycles. The summed E-state index contributed by atoms with van der Waals surface area (Å²) >= 11 is 5.87. The molecule has 0 radical (unpaired) electrons. The second kappa shape index (κ2) is 11.4. The third-order valence-electron chi connectivity index (χ3n) is 5.11. The van der Waals surface area contributed by atoms with Gasteiger partial charge in [-0.2, -0.15) is 13.2 Å². The maximum Gasteiger partial charge on any atom is 0.389 e. The number of carbonyl (C=O) groups is 2. The van der Waals surface area contributed by atoms with E-state index in [9.17, 15) is 31.5 Å². The molecule has 1 fully saturated rings. The van der Waals surface area contributed by atoms with E-state index >= 15 is 0 Å². The van der Waals surface area contributed by atoms with Crippen LogP contribution >= 0.6 is 24.0 Å². The number of hydrogen-bond donors (Lipinski definition) is 1. The third kappa shape index (κ3) is 7.68. The normalized spacial score (nSPS) is 17.7. The van der Waals surface area contributed by atoms with Crippen LogP contribution in [0.15, 0.2) is 18.2 Å². The first-order chi connectivity index (χ1) is 14.9. The van der Waals surface area contributed by atoms with Crippen molar-refractivity contribution in [3.8, 4) is 0 Å². The highest BCUT2D eigenvalue weighted by Gasteiger charge is 2.33. The summed E-state index contributed by atoms with van der Waals surface area (Å²) in [4.78, 5) is 27.2. The Morgan fingerprint density at radius 1 is 1.28 bits per heavy atom. The summed E-state index contributed by atoms with van der Waals surface area (Å²) in [5, 5.41) is 2.09. The van der Waals surface area contributed by atoms with Gasteiger partial charge in [0.15, 0.2) is 11.6 Å². The van der Waals surface area contributed by atoms with Crippen LogP contribution in [0.3, 0.4) is 0 Å². The van der Waals surface area contributed by atoms with Gasteiger partial charge < -0.3 is 10.2 Å². The molecule has 1 amide bonds. The smallest absolute Gasteiger partial charge is 0.358 e. The molecule has 4 nitrogen and oxygen atoms in total. The molecular formula is C21H25F5N2O2S2. The highest BCUT2D eigenvalue weighted by atomic mass is 32.2. The van der Waals surface area contributed by atoms with E-state index in [-0.39, 0.29) is 30.5 Å².